The highest BCUT2D eigenvalue weighted by Gasteiger charge is 2.15. The number of fused-ring (bicyclic) bond motifs is 1. The van der Waals surface area contributed by atoms with Gasteiger partial charge in [-0.1, -0.05) is 30.3 Å². The van der Waals surface area contributed by atoms with Crippen LogP contribution in [0.25, 0.3) is 10.9 Å². The Morgan fingerprint density at radius 3 is 2.46 bits per heavy atom. The Balaban J connectivity index is 1.63. The molecule has 1 heterocycles. The maximum absolute atomic E-state index is 12.5. The van der Waals surface area contributed by atoms with Gasteiger partial charge < -0.3 is 10.3 Å². The van der Waals surface area contributed by atoms with Crippen LogP contribution in [0, 0.1) is 13.8 Å². The molecule has 1 amide bonds. The van der Waals surface area contributed by atoms with E-state index in [0.717, 1.165) is 22.2 Å². The van der Waals surface area contributed by atoms with E-state index >= 15 is 0 Å². The van der Waals surface area contributed by atoms with E-state index in [2.05, 4.69) is 15.0 Å². The number of aromatic amines is 1. The van der Waals surface area contributed by atoms with Crippen LogP contribution in [-0.2, 0) is 10.0 Å². The van der Waals surface area contributed by atoms with E-state index in [4.69, 9.17) is 0 Å². The molecule has 0 aliphatic rings. The number of carbonyl (C=O) groups is 1. The summed E-state index contributed by atoms with van der Waals surface area (Å²) >= 11 is 0. The molecule has 6 nitrogen and oxygen atoms in total. The zero-order valence-electron chi connectivity index (χ0n) is 14.7. The first-order valence-electron chi connectivity index (χ1n) is 8.31. The third-order valence-electron chi connectivity index (χ3n) is 4.34. The van der Waals surface area contributed by atoms with E-state index in [0.29, 0.717) is 5.56 Å². The normalized spacial score (nSPS) is 11.6. The van der Waals surface area contributed by atoms with Gasteiger partial charge in [0.05, 0.1) is 16.0 Å². The molecule has 3 rings (SSSR count). The predicted molar refractivity (Wildman–Crippen MR) is 102 cm³/mol. The molecule has 0 bridgehead atoms. The first-order chi connectivity index (χ1) is 12.4. The number of amides is 1. The number of aryl methyl sites for hydroxylation is 2. The fourth-order valence-electron chi connectivity index (χ4n) is 2.81. The average molecular weight is 371 g/mol. The zero-order chi connectivity index (χ0) is 18.7. The highest BCUT2D eigenvalue weighted by molar-refractivity contribution is 7.89. The van der Waals surface area contributed by atoms with Crippen LogP contribution in [0.3, 0.4) is 0 Å². The Kier molecular flexibility index (Phi) is 5.11. The summed E-state index contributed by atoms with van der Waals surface area (Å²) in [6.07, 6.45) is 0. The molecule has 1 aromatic heterocycles. The van der Waals surface area contributed by atoms with Crippen LogP contribution in [0.1, 0.15) is 21.6 Å². The molecule has 7 heteroatoms. The SMILES string of the molecule is Cc1[nH]c2c(C(=O)NCCNS(=O)(=O)c3ccccc3)cccc2c1C. The molecule has 0 saturated carbocycles. The van der Waals surface area contributed by atoms with Crippen LogP contribution < -0.4 is 10.0 Å². The molecule has 3 N–H and O–H groups in total. The molecule has 26 heavy (non-hydrogen) atoms. The lowest BCUT2D eigenvalue weighted by Crippen LogP contribution is -2.34. The molecule has 3 aromatic rings. The quantitative estimate of drug-likeness (QED) is 0.582. The number of hydrogen-bond acceptors (Lipinski definition) is 3. The van der Waals surface area contributed by atoms with Gasteiger partial charge >= 0.3 is 0 Å². The standard InChI is InChI=1S/C19H21N3O3S/c1-13-14(2)22-18-16(13)9-6-10-17(18)19(23)20-11-12-21-26(24,25)15-7-4-3-5-8-15/h3-10,21-22H,11-12H2,1-2H3,(H,20,23). The van der Waals surface area contributed by atoms with E-state index in [1.54, 1.807) is 24.3 Å². The van der Waals surface area contributed by atoms with Crippen molar-refractivity contribution in [3.63, 3.8) is 0 Å². The lowest BCUT2D eigenvalue weighted by atomic mass is 10.1. The lowest BCUT2D eigenvalue weighted by Gasteiger charge is -2.09. The minimum absolute atomic E-state index is 0.113. The van der Waals surface area contributed by atoms with Crippen LogP contribution >= 0.6 is 0 Å². The first-order valence-corrected chi connectivity index (χ1v) is 9.79. The molecule has 0 spiro atoms. The largest absolute Gasteiger partial charge is 0.358 e. The third-order valence-corrected chi connectivity index (χ3v) is 5.82. The van der Waals surface area contributed by atoms with Crippen LogP contribution in [0.2, 0.25) is 0 Å². The molecular weight excluding hydrogens is 350 g/mol. The van der Waals surface area contributed by atoms with Gasteiger partial charge in [0.2, 0.25) is 10.0 Å². The Morgan fingerprint density at radius 1 is 1.00 bits per heavy atom. The molecule has 0 saturated heterocycles. The topological polar surface area (TPSA) is 91.1 Å². The first kappa shape index (κ1) is 18.2. The zero-order valence-corrected chi connectivity index (χ0v) is 15.5. The molecule has 0 radical (unpaired) electrons. The van der Waals surface area contributed by atoms with Gasteiger partial charge in [-0.05, 0) is 37.6 Å². The van der Waals surface area contributed by atoms with Crippen molar-refractivity contribution in [2.75, 3.05) is 13.1 Å². The van der Waals surface area contributed by atoms with Gasteiger partial charge in [-0.2, -0.15) is 0 Å². The Labute approximate surface area is 152 Å². The average Bonchev–Trinajstić information content (AvgIpc) is 2.94. The second-order valence-corrected chi connectivity index (χ2v) is 7.84. The number of hydrogen-bond donors (Lipinski definition) is 3. The van der Waals surface area contributed by atoms with E-state index in [1.165, 1.54) is 12.1 Å². The Hall–Kier alpha value is -2.64. The Morgan fingerprint density at radius 2 is 1.73 bits per heavy atom. The Bertz CT molecular complexity index is 1040. The third kappa shape index (κ3) is 3.63. The number of aromatic nitrogens is 1. The van der Waals surface area contributed by atoms with Crippen molar-refractivity contribution in [2.24, 2.45) is 0 Å². The minimum atomic E-state index is -3.57. The predicted octanol–water partition coefficient (Wildman–Crippen LogP) is 2.49. The van der Waals surface area contributed by atoms with Gasteiger partial charge in [-0.15, -0.1) is 0 Å². The molecule has 2 aromatic carbocycles. The second kappa shape index (κ2) is 7.31. The summed E-state index contributed by atoms with van der Waals surface area (Å²) in [7, 11) is -3.57. The van der Waals surface area contributed by atoms with E-state index < -0.39 is 10.0 Å². The maximum atomic E-state index is 12.5. The molecular formula is C19H21N3O3S. The van der Waals surface area contributed by atoms with Gasteiger partial charge in [0.25, 0.3) is 5.91 Å². The number of sulfonamides is 1. The van der Waals surface area contributed by atoms with Crippen molar-refractivity contribution in [1.82, 2.24) is 15.0 Å². The van der Waals surface area contributed by atoms with Crippen molar-refractivity contribution in [1.29, 1.82) is 0 Å². The number of nitrogens with one attached hydrogen (secondary N) is 3. The summed E-state index contributed by atoms with van der Waals surface area (Å²) in [4.78, 5) is 15.9. The van der Waals surface area contributed by atoms with Gasteiger partial charge in [-0.25, -0.2) is 13.1 Å². The van der Waals surface area contributed by atoms with Crippen molar-refractivity contribution in [2.45, 2.75) is 18.7 Å². The van der Waals surface area contributed by atoms with E-state index in [9.17, 15) is 13.2 Å². The van der Waals surface area contributed by atoms with Gasteiger partial charge in [-0.3, -0.25) is 4.79 Å². The van der Waals surface area contributed by atoms with Crippen LogP contribution in [0.5, 0.6) is 0 Å². The van der Waals surface area contributed by atoms with Crippen LogP contribution in [0.15, 0.2) is 53.4 Å². The molecule has 0 fully saturated rings. The summed E-state index contributed by atoms with van der Waals surface area (Å²) in [5.74, 6) is -0.240. The molecule has 0 aliphatic carbocycles. The van der Waals surface area contributed by atoms with Crippen molar-refractivity contribution in [3.8, 4) is 0 Å². The summed E-state index contributed by atoms with van der Waals surface area (Å²) < 4.78 is 26.7. The fraction of sp³-hybridized carbons (Fsp3) is 0.211. The highest BCUT2D eigenvalue weighted by atomic mass is 32.2. The number of para-hydroxylation sites is 1. The van der Waals surface area contributed by atoms with Gasteiger partial charge in [0.15, 0.2) is 0 Å². The number of H-pyrrole nitrogens is 1. The van der Waals surface area contributed by atoms with Crippen molar-refractivity contribution >= 4 is 26.8 Å². The van der Waals surface area contributed by atoms with Crippen LogP contribution in [0.4, 0.5) is 0 Å². The molecule has 136 valence electrons. The summed E-state index contributed by atoms with van der Waals surface area (Å²) in [5, 5.41) is 3.77. The van der Waals surface area contributed by atoms with Crippen molar-refractivity contribution < 1.29 is 13.2 Å². The monoisotopic (exact) mass is 371 g/mol. The summed E-state index contributed by atoms with van der Waals surface area (Å²) in [6.45, 7) is 4.28. The lowest BCUT2D eigenvalue weighted by molar-refractivity contribution is 0.0956. The van der Waals surface area contributed by atoms with Crippen LogP contribution in [-0.4, -0.2) is 32.4 Å². The maximum Gasteiger partial charge on any atom is 0.253 e. The smallest absolute Gasteiger partial charge is 0.253 e. The molecule has 0 unspecified atom stereocenters. The fourth-order valence-corrected chi connectivity index (χ4v) is 3.86. The van der Waals surface area contributed by atoms with E-state index in [1.807, 2.05) is 26.0 Å². The van der Waals surface area contributed by atoms with Gasteiger partial charge in [0.1, 0.15) is 0 Å². The summed E-state index contributed by atoms with van der Waals surface area (Å²) in [6, 6.07) is 13.7. The van der Waals surface area contributed by atoms with Gasteiger partial charge in [0, 0.05) is 24.2 Å². The van der Waals surface area contributed by atoms with E-state index in [-0.39, 0.29) is 23.9 Å². The number of rotatable bonds is 6. The minimum Gasteiger partial charge on any atom is -0.358 e. The molecule has 0 aliphatic heterocycles. The highest BCUT2D eigenvalue weighted by Crippen LogP contribution is 2.24. The molecule has 0 atom stereocenters. The van der Waals surface area contributed by atoms with Crippen molar-refractivity contribution in [3.05, 3.63) is 65.4 Å². The second-order valence-electron chi connectivity index (χ2n) is 6.07. The summed E-state index contributed by atoms with van der Waals surface area (Å²) in [5.41, 5.74) is 3.48. The number of benzene rings is 2. The number of carbonyl (C=O) groups excluding carboxylic acids is 1.